The fourth-order valence-corrected chi connectivity index (χ4v) is 2.49. The van der Waals surface area contributed by atoms with Crippen LogP contribution in [0.3, 0.4) is 0 Å². The molecule has 2 aromatic rings. The Bertz CT molecular complexity index is 712. The van der Waals surface area contributed by atoms with Crippen LogP contribution < -0.4 is 10.1 Å². The molecular weight excluding hydrogens is 324 g/mol. The number of benzene rings is 1. The van der Waals surface area contributed by atoms with Crippen molar-refractivity contribution < 1.29 is 19.4 Å². The Balaban J connectivity index is 1.87. The van der Waals surface area contributed by atoms with E-state index < -0.39 is 5.97 Å². The van der Waals surface area contributed by atoms with E-state index >= 15 is 0 Å². The molecule has 0 radical (unpaired) electrons. The number of carboxylic acid groups (broad SMARTS) is 1. The van der Waals surface area contributed by atoms with Crippen molar-refractivity contribution in [3.8, 4) is 5.75 Å². The molecule has 2 rings (SSSR count). The zero-order valence-electron chi connectivity index (χ0n) is 14.3. The van der Waals surface area contributed by atoms with Gasteiger partial charge in [-0.05, 0) is 30.0 Å². The number of ether oxygens (including phenoxy) is 1. The summed E-state index contributed by atoms with van der Waals surface area (Å²) in [6.45, 7) is 2.01. The van der Waals surface area contributed by atoms with Crippen molar-refractivity contribution in [3.05, 3.63) is 41.7 Å². The van der Waals surface area contributed by atoms with Crippen LogP contribution in [0.1, 0.15) is 36.9 Å². The number of rotatable bonds is 9. The Morgan fingerprint density at radius 1 is 1.32 bits per heavy atom. The summed E-state index contributed by atoms with van der Waals surface area (Å²) in [5.74, 6) is -0.178. The van der Waals surface area contributed by atoms with Gasteiger partial charge in [0, 0.05) is 6.42 Å². The van der Waals surface area contributed by atoms with Crippen molar-refractivity contribution in [1.29, 1.82) is 0 Å². The third-order valence-electron chi connectivity index (χ3n) is 3.86. The van der Waals surface area contributed by atoms with Crippen LogP contribution in [0.4, 0.5) is 0 Å². The lowest BCUT2D eigenvalue weighted by molar-refractivity contribution is -0.138. The van der Waals surface area contributed by atoms with Gasteiger partial charge >= 0.3 is 5.97 Å². The van der Waals surface area contributed by atoms with E-state index in [1.807, 2.05) is 31.2 Å². The number of carboxylic acids is 1. The van der Waals surface area contributed by atoms with Crippen molar-refractivity contribution in [2.75, 3.05) is 7.11 Å². The minimum atomic E-state index is -0.995. The van der Waals surface area contributed by atoms with E-state index in [9.17, 15) is 9.59 Å². The lowest BCUT2D eigenvalue weighted by atomic mass is 9.93. The Kier molecular flexibility index (Phi) is 6.50. The summed E-state index contributed by atoms with van der Waals surface area (Å²) in [5.41, 5.74) is 1.61. The maximum atomic E-state index is 12.2. The molecule has 1 atom stereocenters. The van der Waals surface area contributed by atoms with Crippen LogP contribution in [-0.2, 0) is 22.7 Å². The number of aliphatic carboxylic acids is 1. The number of carbonyl (C=O) groups excluding carboxylic acids is 1. The van der Waals surface area contributed by atoms with Crippen LogP contribution >= 0.6 is 0 Å². The molecule has 0 saturated carbocycles. The van der Waals surface area contributed by atoms with Gasteiger partial charge < -0.3 is 15.2 Å². The lowest BCUT2D eigenvalue weighted by Gasteiger charge is -2.15. The second kappa shape index (κ2) is 8.81. The van der Waals surface area contributed by atoms with E-state index in [-0.39, 0.29) is 24.9 Å². The van der Waals surface area contributed by atoms with Crippen LogP contribution in [0.25, 0.3) is 0 Å². The molecule has 0 aliphatic carbocycles. The normalized spacial score (nSPS) is 11.8. The lowest BCUT2D eigenvalue weighted by Crippen LogP contribution is -2.24. The fraction of sp³-hybridized carbons (Fsp3) is 0.412. The van der Waals surface area contributed by atoms with Crippen molar-refractivity contribution >= 4 is 11.9 Å². The largest absolute Gasteiger partial charge is 0.497 e. The number of hydrogen-bond acceptors (Lipinski definition) is 5. The van der Waals surface area contributed by atoms with Gasteiger partial charge in [0.1, 0.15) is 18.0 Å². The first kappa shape index (κ1) is 18.4. The number of carbonyl (C=O) groups is 2. The van der Waals surface area contributed by atoms with Crippen LogP contribution in [0.5, 0.6) is 5.75 Å². The van der Waals surface area contributed by atoms with E-state index in [1.165, 1.54) is 10.9 Å². The zero-order chi connectivity index (χ0) is 18.2. The molecule has 1 amide bonds. The van der Waals surface area contributed by atoms with Crippen LogP contribution in [0.2, 0.25) is 0 Å². The summed E-state index contributed by atoms with van der Waals surface area (Å²) in [6, 6.07) is 7.71. The molecule has 8 nitrogen and oxygen atoms in total. The quantitative estimate of drug-likeness (QED) is 0.714. The molecule has 1 aromatic heterocycles. The number of nitrogens with one attached hydrogen (secondary N) is 1. The average molecular weight is 346 g/mol. The van der Waals surface area contributed by atoms with Gasteiger partial charge in [-0.3, -0.25) is 9.59 Å². The van der Waals surface area contributed by atoms with Crippen molar-refractivity contribution in [3.63, 3.8) is 0 Å². The average Bonchev–Trinajstić information content (AvgIpc) is 3.04. The summed E-state index contributed by atoms with van der Waals surface area (Å²) >= 11 is 0. The first-order valence-electron chi connectivity index (χ1n) is 8.03. The Morgan fingerprint density at radius 3 is 2.64 bits per heavy atom. The highest BCUT2D eigenvalue weighted by Gasteiger charge is 2.15. The van der Waals surface area contributed by atoms with Gasteiger partial charge in [0.2, 0.25) is 5.91 Å². The topological polar surface area (TPSA) is 106 Å². The third-order valence-corrected chi connectivity index (χ3v) is 3.86. The van der Waals surface area contributed by atoms with Crippen LogP contribution in [-0.4, -0.2) is 39.1 Å². The molecule has 1 unspecified atom stereocenters. The molecule has 0 fully saturated rings. The molecule has 0 bridgehead atoms. The van der Waals surface area contributed by atoms with Gasteiger partial charge in [0.25, 0.3) is 0 Å². The molecule has 1 aromatic carbocycles. The molecule has 0 spiro atoms. The molecular formula is C17H22N4O4. The number of aromatic nitrogens is 3. The zero-order valence-corrected chi connectivity index (χ0v) is 14.3. The molecule has 0 saturated heterocycles. The molecule has 134 valence electrons. The Morgan fingerprint density at radius 2 is 2.04 bits per heavy atom. The van der Waals surface area contributed by atoms with Gasteiger partial charge in [0.05, 0.1) is 19.9 Å². The monoisotopic (exact) mass is 346 g/mol. The van der Waals surface area contributed by atoms with Gasteiger partial charge in [-0.2, -0.15) is 0 Å². The van der Waals surface area contributed by atoms with E-state index in [1.54, 1.807) is 7.11 Å². The SMILES string of the molecule is CCC(CC(=O)NCc1cn(CC(=O)O)nn1)c1ccc(OC)cc1. The predicted molar refractivity (Wildman–Crippen MR) is 90.1 cm³/mol. The number of methoxy groups -OCH3 is 1. The summed E-state index contributed by atoms with van der Waals surface area (Å²) in [5, 5.41) is 19.0. The number of nitrogens with zero attached hydrogens (tertiary/aromatic N) is 3. The Labute approximate surface area is 145 Å². The third kappa shape index (κ3) is 5.59. The highest BCUT2D eigenvalue weighted by molar-refractivity contribution is 5.76. The van der Waals surface area contributed by atoms with Crippen molar-refractivity contribution in [1.82, 2.24) is 20.3 Å². The number of amides is 1. The predicted octanol–water partition coefficient (Wildman–Crippen LogP) is 1.57. The minimum Gasteiger partial charge on any atom is -0.497 e. The van der Waals surface area contributed by atoms with Crippen molar-refractivity contribution in [2.45, 2.75) is 38.8 Å². The molecule has 25 heavy (non-hydrogen) atoms. The Hall–Kier alpha value is -2.90. The molecule has 0 aliphatic heterocycles. The molecule has 0 aliphatic rings. The van der Waals surface area contributed by atoms with E-state index in [4.69, 9.17) is 9.84 Å². The van der Waals surface area contributed by atoms with E-state index in [0.717, 1.165) is 17.7 Å². The maximum absolute atomic E-state index is 12.2. The van der Waals surface area contributed by atoms with Gasteiger partial charge in [-0.15, -0.1) is 5.10 Å². The highest BCUT2D eigenvalue weighted by Crippen LogP contribution is 2.25. The smallest absolute Gasteiger partial charge is 0.325 e. The van der Waals surface area contributed by atoms with E-state index in [2.05, 4.69) is 15.6 Å². The fourth-order valence-electron chi connectivity index (χ4n) is 2.49. The second-order valence-electron chi connectivity index (χ2n) is 5.66. The minimum absolute atomic E-state index is 0.0875. The standard InChI is InChI=1S/C17H22N4O4/c1-3-12(13-4-6-15(25-2)7-5-13)8-16(22)18-9-14-10-21(20-19-14)11-17(23)24/h4-7,10,12H,3,8-9,11H2,1-2H3,(H,18,22)(H,23,24). The van der Waals surface area contributed by atoms with Crippen LogP contribution in [0.15, 0.2) is 30.5 Å². The number of hydrogen-bond donors (Lipinski definition) is 2. The molecule has 8 heteroatoms. The highest BCUT2D eigenvalue weighted by atomic mass is 16.5. The van der Waals surface area contributed by atoms with Gasteiger partial charge in [0.15, 0.2) is 0 Å². The van der Waals surface area contributed by atoms with Crippen LogP contribution in [0, 0.1) is 0 Å². The first-order valence-corrected chi connectivity index (χ1v) is 8.03. The van der Waals surface area contributed by atoms with Gasteiger partial charge in [-0.1, -0.05) is 24.3 Å². The summed E-state index contributed by atoms with van der Waals surface area (Å²) in [6.07, 6.45) is 2.72. The van der Waals surface area contributed by atoms with E-state index in [0.29, 0.717) is 12.1 Å². The summed E-state index contributed by atoms with van der Waals surface area (Å²) in [4.78, 5) is 22.8. The van der Waals surface area contributed by atoms with Gasteiger partial charge in [-0.25, -0.2) is 4.68 Å². The van der Waals surface area contributed by atoms with Crippen molar-refractivity contribution in [2.24, 2.45) is 0 Å². The second-order valence-corrected chi connectivity index (χ2v) is 5.66. The molecule has 2 N–H and O–H groups in total. The summed E-state index contributed by atoms with van der Waals surface area (Å²) < 4.78 is 6.36. The first-order chi connectivity index (χ1) is 12.0. The summed E-state index contributed by atoms with van der Waals surface area (Å²) in [7, 11) is 1.62. The maximum Gasteiger partial charge on any atom is 0.325 e. The molecule has 1 heterocycles.